The quantitative estimate of drug-likeness (QED) is 0.0987. The van der Waals surface area contributed by atoms with E-state index in [0.717, 1.165) is 71.0 Å². The van der Waals surface area contributed by atoms with Crippen molar-refractivity contribution in [3.8, 4) is 17.4 Å². The van der Waals surface area contributed by atoms with E-state index in [4.69, 9.17) is 25.8 Å². The molecular weight excluding hydrogens is 833 g/mol. The number of carbonyl (C=O) groups excluding carboxylic acids is 1. The van der Waals surface area contributed by atoms with Crippen LogP contribution in [-0.4, -0.2) is 37.4 Å². The van der Waals surface area contributed by atoms with Gasteiger partial charge in [-0.3, -0.25) is 4.79 Å². The van der Waals surface area contributed by atoms with Gasteiger partial charge in [-0.05, 0) is 109 Å². The summed E-state index contributed by atoms with van der Waals surface area (Å²) < 4.78 is 54.0. The van der Waals surface area contributed by atoms with Crippen molar-refractivity contribution < 1.29 is 32.2 Å². The third-order valence-electron chi connectivity index (χ3n) is 10.4. The molecule has 0 spiro atoms. The van der Waals surface area contributed by atoms with Gasteiger partial charge in [0.15, 0.2) is 11.5 Å². The van der Waals surface area contributed by atoms with Crippen LogP contribution in [0.25, 0.3) is 0 Å². The zero-order chi connectivity index (χ0) is 47.8. The molecule has 0 N–H and O–H groups in total. The monoisotopic (exact) mass is 913 g/mol. The number of aryl methyl sites for hydroxylation is 2. The molecule has 0 aliphatic rings. The number of nitrogens with zero attached hydrogens (tertiary/aromatic N) is 2. The normalized spacial score (nSPS) is 11.4. The van der Waals surface area contributed by atoms with Crippen LogP contribution in [0.5, 0.6) is 17.4 Å². The van der Waals surface area contributed by atoms with Crippen LogP contribution in [0.1, 0.15) is 137 Å². The van der Waals surface area contributed by atoms with Crippen molar-refractivity contribution in [1.82, 2.24) is 4.98 Å². The van der Waals surface area contributed by atoms with Crippen molar-refractivity contribution in [3.63, 3.8) is 0 Å². The van der Waals surface area contributed by atoms with Crippen LogP contribution in [-0.2, 0) is 30.2 Å². The summed E-state index contributed by atoms with van der Waals surface area (Å²) >= 11 is 6.00. The van der Waals surface area contributed by atoms with E-state index in [1.807, 2.05) is 83.1 Å². The molecule has 3 aromatic carbocycles. The van der Waals surface area contributed by atoms with Crippen LogP contribution in [0.4, 0.5) is 13.2 Å². The van der Waals surface area contributed by atoms with Crippen LogP contribution in [0.3, 0.4) is 0 Å². The van der Waals surface area contributed by atoms with Crippen LogP contribution in [0, 0.1) is 36.0 Å². The van der Waals surface area contributed by atoms with E-state index in [-0.39, 0.29) is 37.2 Å². The third kappa shape index (κ3) is 24.1. The minimum Gasteiger partial charge on any atom is -0.493 e. The zero-order valence-corrected chi connectivity index (χ0v) is 41.3. The number of amides is 1. The summed E-state index contributed by atoms with van der Waals surface area (Å²) in [6.45, 7) is 25.5. The van der Waals surface area contributed by atoms with Crippen LogP contribution < -0.4 is 14.2 Å². The number of ether oxygens (including phenoxy) is 3. The van der Waals surface area contributed by atoms with E-state index in [0.29, 0.717) is 18.3 Å². The molecule has 0 saturated heterocycles. The summed E-state index contributed by atoms with van der Waals surface area (Å²) in [5.74, 6) is 3.21. The molecule has 0 aliphatic carbocycles. The van der Waals surface area contributed by atoms with Gasteiger partial charge in [-0.1, -0.05) is 157 Å². The zero-order valence-electron chi connectivity index (χ0n) is 40.6. The van der Waals surface area contributed by atoms with E-state index in [1.165, 1.54) is 36.2 Å². The number of aliphatic imine (C=N–C) groups is 1. The van der Waals surface area contributed by atoms with Gasteiger partial charge >= 0.3 is 6.18 Å². The molecule has 358 valence electrons. The van der Waals surface area contributed by atoms with Crippen molar-refractivity contribution in [1.29, 1.82) is 0 Å². The Morgan fingerprint density at radius 2 is 1.42 bits per heavy atom. The fraction of sp³-hybridized carbons (Fsp3) is 0.537. The Hall–Kier alpha value is -4.37. The van der Waals surface area contributed by atoms with E-state index in [2.05, 4.69) is 76.6 Å². The van der Waals surface area contributed by atoms with Gasteiger partial charge in [0.1, 0.15) is 5.56 Å². The second kappa shape index (κ2) is 30.7. The Morgan fingerprint density at radius 1 is 0.797 bits per heavy atom. The van der Waals surface area contributed by atoms with Crippen molar-refractivity contribution >= 4 is 23.2 Å². The van der Waals surface area contributed by atoms with Gasteiger partial charge in [-0.2, -0.15) is 13.2 Å². The Labute approximate surface area is 390 Å². The molecule has 6 nitrogen and oxygen atoms in total. The molecule has 1 heterocycles. The van der Waals surface area contributed by atoms with Gasteiger partial charge < -0.3 is 14.2 Å². The average Bonchev–Trinajstić information content (AvgIpc) is 3.21. The largest absolute Gasteiger partial charge is 0.493 e. The maximum Gasteiger partial charge on any atom is 0.421 e. The van der Waals surface area contributed by atoms with Crippen molar-refractivity contribution in [2.45, 2.75) is 142 Å². The summed E-state index contributed by atoms with van der Waals surface area (Å²) in [7, 11) is 3.28. The average molecular weight is 914 g/mol. The Morgan fingerprint density at radius 3 is 1.92 bits per heavy atom. The first-order valence-corrected chi connectivity index (χ1v) is 22.7. The van der Waals surface area contributed by atoms with E-state index in [9.17, 15) is 18.0 Å². The lowest BCUT2D eigenvalue weighted by molar-refractivity contribution is -0.139. The summed E-state index contributed by atoms with van der Waals surface area (Å²) in [6.07, 6.45) is 3.68. The standard InChI is InChI=1S/C23H29NO3.C13H18F3NO.C11H15Cl.C6H14.CH4/c1-17(2)20(24-23(25)16-18-9-6-5-7-10-18)12-8-11-19-13-14-21(26-3)22(15-19)27-4;1-9(2)12(3,4)8-18-11-10(13(14,15)16)6-5-7-17-11;1-8(2)6-10-5-4-9(3)11(12)7-10;1-4-5-6(2)3;/h5-7,9-10,13-15,17H,8,11-12,16H2,1-4H3;5-7,9H,8H2,1-4H3;4-5,7-8H,6H2,1-3H3;6H,4-5H2,1-3H3;1H4. The number of benzene rings is 3. The summed E-state index contributed by atoms with van der Waals surface area (Å²) in [5.41, 5.74) is 4.61. The molecule has 0 bridgehead atoms. The molecule has 0 aliphatic heterocycles. The SMILES string of the molecule is C.CC(C)C(C)(C)COc1ncccc1C(F)(F)F.CCCC(C)C.COc1ccc(CCCC(=NC(=O)Cc2ccccc2)C(C)C)cc1OC.Cc1ccc(CC(C)C)cc1Cl. The van der Waals surface area contributed by atoms with E-state index < -0.39 is 11.7 Å². The highest BCUT2D eigenvalue weighted by molar-refractivity contribution is 6.31. The number of methoxy groups -OCH3 is 2. The highest BCUT2D eigenvalue weighted by Crippen LogP contribution is 2.36. The lowest BCUT2D eigenvalue weighted by Gasteiger charge is -2.29. The predicted octanol–water partition coefficient (Wildman–Crippen LogP) is 16.0. The van der Waals surface area contributed by atoms with Crippen molar-refractivity contribution in [3.05, 3.63) is 118 Å². The summed E-state index contributed by atoms with van der Waals surface area (Å²) in [5, 5.41) is 0.883. The van der Waals surface area contributed by atoms with Crippen molar-refractivity contribution in [2.24, 2.45) is 34.1 Å². The number of alkyl halides is 3. The number of aromatic nitrogens is 1. The molecule has 10 heteroatoms. The molecule has 64 heavy (non-hydrogen) atoms. The fourth-order valence-corrected chi connectivity index (χ4v) is 6.11. The molecule has 0 fully saturated rings. The van der Waals surface area contributed by atoms with Crippen LogP contribution >= 0.6 is 11.6 Å². The molecule has 1 amide bonds. The lowest BCUT2D eigenvalue weighted by Crippen LogP contribution is -2.28. The van der Waals surface area contributed by atoms with Crippen LogP contribution in [0.2, 0.25) is 5.02 Å². The molecule has 1 aromatic heterocycles. The van der Waals surface area contributed by atoms with Gasteiger partial charge in [0.2, 0.25) is 11.8 Å². The number of pyridine rings is 1. The highest BCUT2D eigenvalue weighted by atomic mass is 35.5. The third-order valence-corrected chi connectivity index (χ3v) is 10.9. The smallest absolute Gasteiger partial charge is 0.421 e. The van der Waals surface area contributed by atoms with Crippen LogP contribution in [0.15, 0.2) is 90.1 Å². The molecule has 0 saturated carbocycles. The van der Waals surface area contributed by atoms with E-state index in [1.54, 1.807) is 14.2 Å². The molecule has 0 unspecified atom stereocenters. The summed E-state index contributed by atoms with van der Waals surface area (Å²) in [6, 6.07) is 24.3. The Balaban J connectivity index is 0.000000923. The second-order valence-electron chi connectivity index (χ2n) is 18.0. The predicted molar refractivity (Wildman–Crippen MR) is 264 cm³/mol. The first-order valence-electron chi connectivity index (χ1n) is 22.3. The Bertz CT molecular complexity index is 1930. The Kier molecular flexibility index (Phi) is 28.6. The molecule has 4 aromatic rings. The maximum absolute atomic E-state index is 12.7. The molecule has 0 atom stereocenters. The minimum absolute atomic E-state index is 0. The number of carbonyl (C=O) groups is 1. The molecular formula is C54H80ClF3N2O4. The van der Waals surface area contributed by atoms with Gasteiger partial charge in [0.25, 0.3) is 0 Å². The molecule has 0 radical (unpaired) electrons. The first-order chi connectivity index (χ1) is 29.5. The lowest BCUT2D eigenvalue weighted by atomic mass is 9.82. The highest BCUT2D eigenvalue weighted by Gasteiger charge is 2.35. The van der Waals surface area contributed by atoms with Crippen molar-refractivity contribution in [2.75, 3.05) is 20.8 Å². The minimum atomic E-state index is -4.44. The van der Waals surface area contributed by atoms with Gasteiger partial charge in [0.05, 0.1) is 27.2 Å². The van der Waals surface area contributed by atoms with Gasteiger partial charge in [-0.25, -0.2) is 9.98 Å². The number of halogens is 4. The number of hydrogen-bond donors (Lipinski definition) is 0. The second-order valence-corrected chi connectivity index (χ2v) is 18.4. The molecule has 4 rings (SSSR count). The number of rotatable bonds is 17. The van der Waals surface area contributed by atoms with Gasteiger partial charge in [0, 0.05) is 22.3 Å². The fourth-order valence-electron chi connectivity index (χ4n) is 5.91. The van der Waals surface area contributed by atoms with Gasteiger partial charge in [-0.15, -0.1) is 0 Å². The number of hydrogen-bond acceptors (Lipinski definition) is 5. The first kappa shape index (κ1) is 59.6. The maximum atomic E-state index is 12.7. The van der Waals surface area contributed by atoms with E-state index >= 15 is 0 Å². The summed E-state index contributed by atoms with van der Waals surface area (Å²) in [4.78, 5) is 20.4. The topological polar surface area (TPSA) is 70.0 Å².